The Morgan fingerprint density at radius 2 is 1.65 bits per heavy atom. The molecule has 2 aromatic carbocycles. The predicted octanol–water partition coefficient (Wildman–Crippen LogP) is 3.02. The van der Waals surface area contributed by atoms with Gasteiger partial charge in [0.05, 0.1) is 14.2 Å². The Morgan fingerprint density at radius 3 is 2.27 bits per heavy atom. The first kappa shape index (κ1) is 19.3. The summed E-state index contributed by atoms with van der Waals surface area (Å²) in [6.45, 7) is 2.27. The molecule has 0 atom stereocenters. The second-order valence-electron chi connectivity index (χ2n) is 5.67. The molecule has 0 saturated carbocycles. The Labute approximate surface area is 153 Å². The number of hydrogen-bond acceptors (Lipinski definition) is 4. The van der Waals surface area contributed by atoms with Crippen molar-refractivity contribution in [1.82, 2.24) is 5.32 Å². The lowest BCUT2D eigenvalue weighted by Crippen LogP contribution is -2.27. The van der Waals surface area contributed by atoms with Crippen LogP contribution in [0.2, 0.25) is 0 Å². The number of ether oxygens (including phenoxy) is 2. The number of benzene rings is 2. The molecule has 0 aliphatic carbocycles. The van der Waals surface area contributed by atoms with Crippen molar-refractivity contribution in [2.75, 3.05) is 26.1 Å². The van der Waals surface area contributed by atoms with E-state index in [2.05, 4.69) is 10.6 Å². The van der Waals surface area contributed by atoms with Crippen LogP contribution in [0.5, 0.6) is 11.5 Å². The summed E-state index contributed by atoms with van der Waals surface area (Å²) in [5.74, 6) is 0.630. The van der Waals surface area contributed by atoms with E-state index in [1.165, 1.54) is 14.2 Å². The molecule has 0 aliphatic rings. The van der Waals surface area contributed by atoms with Gasteiger partial charge in [0.15, 0.2) is 0 Å². The van der Waals surface area contributed by atoms with Crippen molar-refractivity contribution < 1.29 is 19.1 Å². The maximum Gasteiger partial charge on any atom is 0.251 e. The molecule has 0 heterocycles. The molecule has 0 bridgehead atoms. The van der Waals surface area contributed by atoms with Gasteiger partial charge in [-0.05, 0) is 30.2 Å². The number of carbonyl (C=O) groups is 2. The minimum Gasteiger partial charge on any atom is -0.497 e. The number of nitrogens with one attached hydrogen (secondary N) is 2. The predicted molar refractivity (Wildman–Crippen MR) is 101 cm³/mol. The van der Waals surface area contributed by atoms with Crippen LogP contribution in [0.15, 0.2) is 42.5 Å². The molecule has 0 unspecified atom stereocenters. The zero-order chi connectivity index (χ0) is 18.9. The van der Waals surface area contributed by atoms with Gasteiger partial charge in [0.1, 0.15) is 11.5 Å². The topological polar surface area (TPSA) is 76.7 Å². The third kappa shape index (κ3) is 5.24. The van der Waals surface area contributed by atoms with Gasteiger partial charge in [-0.2, -0.15) is 0 Å². The summed E-state index contributed by atoms with van der Waals surface area (Å²) < 4.78 is 10.3. The molecule has 2 rings (SSSR count). The van der Waals surface area contributed by atoms with E-state index in [9.17, 15) is 9.59 Å². The van der Waals surface area contributed by atoms with E-state index in [1.807, 2.05) is 31.2 Å². The first-order chi connectivity index (χ1) is 12.6. The first-order valence-corrected chi connectivity index (χ1v) is 8.46. The Kier molecular flexibility index (Phi) is 7.02. The van der Waals surface area contributed by atoms with E-state index in [-0.39, 0.29) is 24.8 Å². The summed E-state index contributed by atoms with van der Waals surface area (Å²) in [5.41, 5.74) is 2.30. The Morgan fingerprint density at radius 1 is 1.00 bits per heavy atom. The lowest BCUT2D eigenvalue weighted by Gasteiger charge is -2.11. The third-order valence-corrected chi connectivity index (χ3v) is 3.92. The monoisotopic (exact) mass is 356 g/mol. The summed E-state index contributed by atoms with van der Waals surface area (Å²) >= 11 is 0. The van der Waals surface area contributed by atoms with Gasteiger partial charge in [-0.1, -0.05) is 25.1 Å². The van der Waals surface area contributed by atoms with Crippen molar-refractivity contribution in [2.45, 2.75) is 19.8 Å². The number of amides is 2. The summed E-state index contributed by atoms with van der Waals surface area (Å²) in [6, 6.07) is 12.6. The third-order valence-electron chi connectivity index (χ3n) is 3.92. The number of anilines is 1. The van der Waals surface area contributed by atoms with E-state index >= 15 is 0 Å². The van der Waals surface area contributed by atoms with Crippen LogP contribution in [0, 0.1) is 0 Å². The fourth-order valence-electron chi connectivity index (χ4n) is 2.49. The summed E-state index contributed by atoms with van der Waals surface area (Å²) in [7, 11) is 3.05. The zero-order valence-corrected chi connectivity index (χ0v) is 15.3. The quantitative estimate of drug-likeness (QED) is 0.762. The highest BCUT2D eigenvalue weighted by Gasteiger charge is 2.11. The van der Waals surface area contributed by atoms with Crippen molar-refractivity contribution in [3.8, 4) is 11.5 Å². The van der Waals surface area contributed by atoms with E-state index < -0.39 is 0 Å². The lowest BCUT2D eigenvalue weighted by molar-refractivity contribution is -0.116. The molecule has 0 fully saturated rings. The molecular weight excluding hydrogens is 332 g/mol. The highest BCUT2D eigenvalue weighted by atomic mass is 16.5. The van der Waals surface area contributed by atoms with Gasteiger partial charge in [0.2, 0.25) is 5.91 Å². The fourth-order valence-corrected chi connectivity index (χ4v) is 2.49. The minimum atomic E-state index is -0.288. The molecule has 2 aromatic rings. The van der Waals surface area contributed by atoms with Crippen LogP contribution in [-0.4, -0.2) is 32.6 Å². The maximum absolute atomic E-state index is 12.3. The number of hydrogen-bond donors (Lipinski definition) is 2. The van der Waals surface area contributed by atoms with Crippen LogP contribution >= 0.6 is 0 Å². The van der Waals surface area contributed by atoms with Crippen LogP contribution in [-0.2, 0) is 11.2 Å². The number of aryl methyl sites for hydroxylation is 1. The maximum atomic E-state index is 12.3. The smallest absolute Gasteiger partial charge is 0.251 e. The summed E-state index contributed by atoms with van der Waals surface area (Å²) in [6.07, 6.45) is 1.02. The average Bonchev–Trinajstić information content (AvgIpc) is 2.67. The zero-order valence-electron chi connectivity index (χ0n) is 15.3. The van der Waals surface area contributed by atoms with Gasteiger partial charge in [-0.3, -0.25) is 9.59 Å². The Bertz CT molecular complexity index is 752. The lowest BCUT2D eigenvalue weighted by atomic mass is 10.1. The second-order valence-corrected chi connectivity index (χ2v) is 5.67. The van der Waals surface area contributed by atoms with Gasteiger partial charge in [0, 0.05) is 30.3 Å². The largest absolute Gasteiger partial charge is 0.497 e. The van der Waals surface area contributed by atoms with E-state index in [1.54, 1.807) is 18.2 Å². The van der Waals surface area contributed by atoms with Gasteiger partial charge >= 0.3 is 0 Å². The molecule has 2 N–H and O–H groups in total. The molecule has 0 radical (unpaired) electrons. The van der Waals surface area contributed by atoms with Crippen LogP contribution in [0.25, 0.3) is 0 Å². The number of carbonyl (C=O) groups excluding carboxylic acids is 2. The molecule has 2 amide bonds. The number of rotatable bonds is 8. The minimum absolute atomic E-state index is 0.144. The summed E-state index contributed by atoms with van der Waals surface area (Å²) in [4.78, 5) is 24.4. The Hall–Kier alpha value is -3.02. The SMILES string of the molecule is CCc1ccccc1NC(=O)CCNC(=O)c1cc(OC)cc(OC)c1. The van der Waals surface area contributed by atoms with Crippen LogP contribution in [0.4, 0.5) is 5.69 Å². The van der Waals surface area contributed by atoms with E-state index in [0.29, 0.717) is 17.1 Å². The normalized spacial score (nSPS) is 10.1. The summed E-state index contributed by atoms with van der Waals surface area (Å²) in [5, 5.41) is 5.62. The molecule has 26 heavy (non-hydrogen) atoms. The van der Waals surface area contributed by atoms with Gasteiger partial charge in [-0.15, -0.1) is 0 Å². The van der Waals surface area contributed by atoms with Gasteiger partial charge in [-0.25, -0.2) is 0 Å². The molecular formula is C20H24N2O4. The van der Waals surface area contributed by atoms with Crippen molar-refractivity contribution in [1.29, 1.82) is 0 Å². The van der Waals surface area contributed by atoms with Crippen molar-refractivity contribution in [2.24, 2.45) is 0 Å². The fraction of sp³-hybridized carbons (Fsp3) is 0.300. The van der Waals surface area contributed by atoms with Gasteiger partial charge < -0.3 is 20.1 Å². The molecule has 0 aromatic heterocycles. The first-order valence-electron chi connectivity index (χ1n) is 8.46. The highest BCUT2D eigenvalue weighted by molar-refractivity contribution is 5.96. The van der Waals surface area contributed by atoms with Gasteiger partial charge in [0.25, 0.3) is 5.91 Å². The highest BCUT2D eigenvalue weighted by Crippen LogP contribution is 2.22. The van der Waals surface area contributed by atoms with E-state index in [4.69, 9.17) is 9.47 Å². The average molecular weight is 356 g/mol. The molecule has 138 valence electrons. The standard InChI is InChI=1S/C20H24N2O4/c1-4-14-7-5-6-8-18(14)22-19(23)9-10-21-20(24)15-11-16(25-2)13-17(12-15)26-3/h5-8,11-13H,4,9-10H2,1-3H3,(H,21,24)(H,22,23). The molecule has 6 nitrogen and oxygen atoms in total. The van der Waals surface area contributed by atoms with Crippen LogP contribution < -0.4 is 20.1 Å². The van der Waals surface area contributed by atoms with E-state index in [0.717, 1.165) is 17.7 Å². The van der Waals surface area contributed by atoms with Crippen molar-refractivity contribution >= 4 is 17.5 Å². The Balaban J connectivity index is 1.89. The number of methoxy groups -OCH3 is 2. The molecule has 0 saturated heterocycles. The molecule has 0 spiro atoms. The van der Waals surface area contributed by atoms with Crippen LogP contribution in [0.3, 0.4) is 0 Å². The second kappa shape index (κ2) is 9.46. The van der Waals surface area contributed by atoms with Crippen LogP contribution in [0.1, 0.15) is 29.3 Å². The molecule has 6 heteroatoms. The molecule has 0 aliphatic heterocycles. The van der Waals surface area contributed by atoms with Crippen molar-refractivity contribution in [3.63, 3.8) is 0 Å². The number of para-hydroxylation sites is 1. The van der Waals surface area contributed by atoms with Crippen molar-refractivity contribution in [3.05, 3.63) is 53.6 Å².